The Kier molecular flexibility index (Phi) is 5.71. The summed E-state index contributed by atoms with van der Waals surface area (Å²) in [5, 5.41) is 4.50. The molecule has 2 aliphatic rings. The molecule has 0 unspecified atom stereocenters. The molecular weight excluding hydrogens is 474 g/mol. The number of halogens is 5. The molecule has 3 heterocycles. The third-order valence-electron chi connectivity index (χ3n) is 6.22. The molecule has 0 atom stereocenters. The van der Waals surface area contributed by atoms with Gasteiger partial charge in [0.25, 0.3) is 5.91 Å². The van der Waals surface area contributed by atoms with E-state index in [0.29, 0.717) is 37.6 Å². The van der Waals surface area contributed by atoms with Gasteiger partial charge in [-0.3, -0.25) is 4.79 Å². The molecule has 34 heavy (non-hydrogen) atoms. The Hall–Kier alpha value is -3.14. The molecule has 2 aromatic heterocycles. The van der Waals surface area contributed by atoms with Crippen LogP contribution >= 0.6 is 11.6 Å². The topological polar surface area (TPSA) is 54.3 Å². The third-order valence-corrected chi connectivity index (χ3v) is 6.50. The Labute approximate surface area is 197 Å². The van der Waals surface area contributed by atoms with Crippen LogP contribution in [0.2, 0.25) is 5.02 Å². The van der Waals surface area contributed by atoms with E-state index >= 15 is 0 Å². The number of piperazine rings is 1. The molecule has 0 N–H and O–H groups in total. The van der Waals surface area contributed by atoms with Crippen LogP contribution in [0, 0.1) is 5.82 Å². The summed E-state index contributed by atoms with van der Waals surface area (Å²) in [7, 11) is 0. The van der Waals surface area contributed by atoms with E-state index in [1.165, 1.54) is 12.1 Å². The van der Waals surface area contributed by atoms with Crippen LogP contribution in [-0.2, 0) is 19.0 Å². The lowest BCUT2D eigenvalue weighted by molar-refractivity contribution is -0.137. The first-order valence-electron chi connectivity index (χ1n) is 10.9. The Bertz CT molecular complexity index is 1230. The second kappa shape index (κ2) is 8.57. The van der Waals surface area contributed by atoms with Crippen LogP contribution in [0.15, 0.2) is 36.5 Å². The lowest BCUT2D eigenvalue weighted by Gasteiger charge is -2.35. The van der Waals surface area contributed by atoms with E-state index in [2.05, 4.69) is 10.1 Å². The van der Waals surface area contributed by atoms with Crippen LogP contribution < -0.4 is 4.90 Å². The first-order chi connectivity index (χ1) is 16.2. The zero-order chi connectivity index (χ0) is 24.0. The number of carbonyl (C=O) groups is 1. The van der Waals surface area contributed by atoms with E-state index in [9.17, 15) is 22.4 Å². The molecule has 1 aromatic carbocycles. The maximum absolute atomic E-state index is 13.3. The van der Waals surface area contributed by atoms with Crippen molar-refractivity contribution in [2.24, 2.45) is 0 Å². The zero-order valence-corrected chi connectivity index (χ0v) is 18.7. The quantitative estimate of drug-likeness (QED) is 0.503. The number of hydrogen-bond acceptors (Lipinski definition) is 4. The number of carbonyl (C=O) groups excluding carboxylic acids is 1. The van der Waals surface area contributed by atoms with Crippen LogP contribution in [0.5, 0.6) is 0 Å². The maximum atomic E-state index is 13.3. The summed E-state index contributed by atoms with van der Waals surface area (Å²) in [6, 6.07) is 6.86. The fraction of sp³-hybridized carbons (Fsp3) is 0.348. The van der Waals surface area contributed by atoms with Gasteiger partial charge in [-0.25, -0.2) is 14.1 Å². The van der Waals surface area contributed by atoms with Gasteiger partial charge in [0.2, 0.25) is 0 Å². The van der Waals surface area contributed by atoms with Crippen molar-refractivity contribution < 1.29 is 22.4 Å². The second-order valence-electron chi connectivity index (χ2n) is 8.32. The highest BCUT2D eigenvalue weighted by Gasteiger charge is 2.34. The predicted octanol–water partition coefficient (Wildman–Crippen LogP) is 4.53. The minimum absolute atomic E-state index is 0.0783. The number of anilines is 1. The minimum Gasteiger partial charge on any atom is -0.352 e. The molecule has 6 nitrogen and oxygen atoms in total. The average Bonchev–Trinajstić information content (AvgIpc) is 3.42. The minimum atomic E-state index is -4.52. The second-order valence-corrected chi connectivity index (χ2v) is 8.73. The molecular formula is C23H20ClF4N5O. The molecule has 0 saturated carbocycles. The fourth-order valence-corrected chi connectivity index (χ4v) is 4.78. The number of hydrogen-bond donors (Lipinski definition) is 0. The smallest absolute Gasteiger partial charge is 0.352 e. The molecule has 178 valence electrons. The van der Waals surface area contributed by atoms with Gasteiger partial charge in [0.1, 0.15) is 11.6 Å². The molecule has 1 aliphatic carbocycles. The maximum Gasteiger partial charge on any atom is 0.417 e. The molecule has 3 aromatic rings. The van der Waals surface area contributed by atoms with Crippen molar-refractivity contribution in [2.45, 2.75) is 25.4 Å². The highest BCUT2D eigenvalue weighted by atomic mass is 35.5. The zero-order valence-electron chi connectivity index (χ0n) is 17.9. The van der Waals surface area contributed by atoms with E-state index < -0.39 is 11.7 Å². The van der Waals surface area contributed by atoms with Gasteiger partial charge in [0.15, 0.2) is 5.69 Å². The number of pyridine rings is 1. The van der Waals surface area contributed by atoms with E-state index in [4.69, 9.17) is 11.6 Å². The van der Waals surface area contributed by atoms with Crippen LogP contribution in [0.3, 0.4) is 0 Å². The van der Waals surface area contributed by atoms with Crippen LogP contribution in [0.4, 0.5) is 23.4 Å². The van der Waals surface area contributed by atoms with Crippen molar-refractivity contribution in [3.8, 4) is 5.69 Å². The summed E-state index contributed by atoms with van der Waals surface area (Å²) in [5.74, 6) is -0.266. The SMILES string of the molecule is O=C(c1nn(-c2ccc(F)cc2)c2c1CCC2)N1CCN(c2ncc(C(F)(F)F)cc2Cl)CC1. The summed E-state index contributed by atoms with van der Waals surface area (Å²) in [6.45, 7) is 1.47. The Morgan fingerprint density at radius 1 is 1.03 bits per heavy atom. The van der Waals surface area contributed by atoms with Crippen LogP contribution in [0.25, 0.3) is 5.69 Å². The number of amides is 1. The van der Waals surface area contributed by atoms with Gasteiger partial charge in [0, 0.05) is 43.6 Å². The van der Waals surface area contributed by atoms with Crippen molar-refractivity contribution in [1.29, 1.82) is 0 Å². The first-order valence-corrected chi connectivity index (χ1v) is 11.2. The summed E-state index contributed by atoms with van der Waals surface area (Å²) in [5.41, 5.74) is 2.08. The van der Waals surface area contributed by atoms with E-state index in [0.717, 1.165) is 42.8 Å². The van der Waals surface area contributed by atoms with Crippen molar-refractivity contribution in [2.75, 3.05) is 31.1 Å². The molecule has 1 fully saturated rings. The number of alkyl halides is 3. The van der Waals surface area contributed by atoms with Crippen molar-refractivity contribution >= 4 is 23.3 Å². The summed E-state index contributed by atoms with van der Waals surface area (Å²) >= 11 is 6.08. The lowest BCUT2D eigenvalue weighted by Crippen LogP contribution is -2.49. The van der Waals surface area contributed by atoms with Crippen molar-refractivity contribution in [3.05, 3.63) is 69.9 Å². The van der Waals surface area contributed by atoms with Gasteiger partial charge in [-0.05, 0) is 49.6 Å². The standard InChI is InChI=1S/C23H20ClF4N5O/c24-18-12-14(23(26,27)28)13-29-21(18)31-8-10-32(11-9-31)22(34)20-17-2-1-3-19(17)33(30-20)16-6-4-15(25)5-7-16/h4-7,12-13H,1-3,8-11H2. The number of nitrogens with zero attached hydrogens (tertiary/aromatic N) is 5. The van der Waals surface area contributed by atoms with Gasteiger partial charge >= 0.3 is 6.18 Å². The Balaban J connectivity index is 1.32. The third kappa shape index (κ3) is 4.11. The first kappa shape index (κ1) is 22.6. The molecule has 0 radical (unpaired) electrons. The summed E-state index contributed by atoms with van der Waals surface area (Å²) < 4.78 is 53.7. The largest absolute Gasteiger partial charge is 0.417 e. The van der Waals surface area contributed by atoms with Crippen LogP contribution in [0.1, 0.15) is 33.7 Å². The molecule has 1 amide bonds. The average molecular weight is 494 g/mol. The molecule has 1 saturated heterocycles. The van der Waals surface area contributed by atoms with Crippen molar-refractivity contribution in [1.82, 2.24) is 19.7 Å². The van der Waals surface area contributed by atoms with Gasteiger partial charge in [-0.2, -0.15) is 18.3 Å². The van der Waals surface area contributed by atoms with E-state index in [1.54, 1.807) is 26.6 Å². The lowest BCUT2D eigenvalue weighted by atomic mass is 10.1. The number of aromatic nitrogens is 3. The molecule has 0 spiro atoms. The fourth-order valence-electron chi connectivity index (χ4n) is 4.49. The van der Waals surface area contributed by atoms with Gasteiger partial charge < -0.3 is 9.80 Å². The van der Waals surface area contributed by atoms with E-state index in [1.807, 2.05) is 0 Å². The number of benzene rings is 1. The van der Waals surface area contributed by atoms with Crippen LogP contribution in [-0.4, -0.2) is 51.8 Å². The van der Waals surface area contributed by atoms with Gasteiger partial charge in [-0.15, -0.1) is 0 Å². The summed E-state index contributed by atoms with van der Waals surface area (Å²) in [4.78, 5) is 20.7. The molecule has 1 aliphatic heterocycles. The number of fused-ring (bicyclic) bond motifs is 1. The van der Waals surface area contributed by atoms with E-state index in [-0.39, 0.29) is 22.6 Å². The van der Waals surface area contributed by atoms with Gasteiger partial charge in [-0.1, -0.05) is 11.6 Å². The van der Waals surface area contributed by atoms with Crippen molar-refractivity contribution in [3.63, 3.8) is 0 Å². The molecule has 5 rings (SSSR count). The molecule has 0 bridgehead atoms. The monoisotopic (exact) mass is 493 g/mol. The Morgan fingerprint density at radius 3 is 2.38 bits per heavy atom. The number of rotatable bonds is 3. The normalized spacial score (nSPS) is 16.1. The predicted molar refractivity (Wildman–Crippen MR) is 118 cm³/mol. The highest BCUT2D eigenvalue weighted by molar-refractivity contribution is 6.33. The molecule has 11 heteroatoms. The Morgan fingerprint density at radius 2 is 1.74 bits per heavy atom. The van der Waals surface area contributed by atoms with Gasteiger partial charge in [0.05, 0.1) is 16.3 Å². The highest BCUT2D eigenvalue weighted by Crippen LogP contribution is 2.34. The summed E-state index contributed by atoms with van der Waals surface area (Å²) in [6.07, 6.45) is -1.29.